The summed E-state index contributed by atoms with van der Waals surface area (Å²) in [5.41, 5.74) is -1.10. The molecule has 0 aliphatic carbocycles. The summed E-state index contributed by atoms with van der Waals surface area (Å²) in [5.74, 6) is -1.35. The first-order valence-corrected chi connectivity index (χ1v) is 5.82. The van der Waals surface area contributed by atoms with Gasteiger partial charge in [0.25, 0.3) is 0 Å². The molecule has 0 heterocycles. The van der Waals surface area contributed by atoms with Gasteiger partial charge in [0.1, 0.15) is 11.6 Å². The molecule has 6 heteroatoms. The minimum atomic E-state index is -0.971. The summed E-state index contributed by atoms with van der Waals surface area (Å²) in [6, 6.07) is 2.44. The quantitative estimate of drug-likeness (QED) is 0.724. The first-order chi connectivity index (χ1) is 7.93. The molecule has 0 unspecified atom stereocenters. The molecule has 96 valence electrons. The van der Waals surface area contributed by atoms with E-state index in [1.165, 1.54) is 6.07 Å². The number of nitrogens with one attached hydrogen (secondary N) is 1. The third-order valence-corrected chi connectivity index (χ3v) is 3.14. The van der Waals surface area contributed by atoms with Crippen molar-refractivity contribution in [2.24, 2.45) is 0 Å². The highest BCUT2D eigenvalue weighted by molar-refractivity contribution is 9.10. The van der Waals surface area contributed by atoms with E-state index in [9.17, 15) is 8.78 Å². The van der Waals surface area contributed by atoms with E-state index < -0.39 is 17.2 Å². The van der Waals surface area contributed by atoms with Gasteiger partial charge in [-0.25, -0.2) is 8.78 Å². The molecule has 0 radical (unpaired) electrons. The van der Waals surface area contributed by atoms with Gasteiger partial charge in [0, 0.05) is 12.1 Å². The fourth-order valence-electron chi connectivity index (χ4n) is 1.19. The Labute approximate surface area is 107 Å². The lowest BCUT2D eigenvalue weighted by molar-refractivity contribution is 0.102. The van der Waals surface area contributed by atoms with E-state index in [0.717, 1.165) is 6.07 Å². The highest BCUT2D eigenvalue weighted by Crippen LogP contribution is 2.21. The molecule has 0 spiro atoms. The minimum Gasteiger partial charge on any atom is -0.394 e. The predicted molar refractivity (Wildman–Crippen MR) is 63.5 cm³/mol. The van der Waals surface area contributed by atoms with Crippen molar-refractivity contribution in [1.29, 1.82) is 0 Å². The van der Waals surface area contributed by atoms with Gasteiger partial charge in [0.05, 0.1) is 23.2 Å². The smallest absolute Gasteiger partial charge is 0.144 e. The van der Waals surface area contributed by atoms with Crippen molar-refractivity contribution in [3.8, 4) is 0 Å². The summed E-state index contributed by atoms with van der Waals surface area (Å²) in [6.07, 6.45) is 0. The Balaban J connectivity index is 2.86. The third kappa shape index (κ3) is 3.45. The van der Waals surface area contributed by atoms with Gasteiger partial charge in [0.2, 0.25) is 0 Å². The van der Waals surface area contributed by atoms with Crippen LogP contribution in [-0.4, -0.2) is 29.0 Å². The van der Waals surface area contributed by atoms with E-state index in [-0.39, 0.29) is 29.8 Å². The SMILES string of the molecule is CC(CO)(CO)NCc1c(F)ccc(Br)c1F. The Morgan fingerprint density at radius 3 is 2.41 bits per heavy atom. The van der Waals surface area contributed by atoms with Gasteiger partial charge in [-0.3, -0.25) is 0 Å². The van der Waals surface area contributed by atoms with Gasteiger partial charge in [-0.15, -0.1) is 0 Å². The zero-order chi connectivity index (χ0) is 13.1. The molecular weight excluding hydrogens is 296 g/mol. The molecule has 1 rings (SSSR count). The maximum Gasteiger partial charge on any atom is 0.144 e. The summed E-state index contributed by atoms with van der Waals surface area (Å²) >= 11 is 2.97. The van der Waals surface area contributed by atoms with Crippen LogP contribution >= 0.6 is 15.9 Å². The summed E-state index contributed by atoms with van der Waals surface area (Å²) in [5, 5.41) is 20.8. The zero-order valence-corrected chi connectivity index (χ0v) is 10.9. The number of aliphatic hydroxyl groups excluding tert-OH is 2. The Hall–Kier alpha value is -0.560. The number of hydrogen-bond donors (Lipinski definition) is 3. The van der Waals surface area contributed by atoms with Crippen LogP contribution in [0.3, 0.4) is 0 Å². The average molecular weight is 310 g/mol. The van der Waals surface area contributed by atoms with Gasteiger partial charge >= 0.3 is 0 Å². The Morgan fingerprint density at radius 1 is 1.29 bits per heavy atom. The van der Waals surface area contributed by atoms with Gasteiger partial charge in [-0.05, 0) is 35.0 Å². The number of halogens is 3. The van der Waals surface area contributed by atoms with Crippen molar-refractivity contribution in [1.82, 2.24) is 5.32 Å². The highest BCUT2D eigenvalue weighted by atomic mass is 79.9. The van der Waals surface area contributed by atoms with Crippen LogP contribution in [0.5, 0.6) is 0 Å². The van der Waals surface area contributed by atoms with E-state index in [4.69, 9.17) is 10.2 Å². The summed E-state index contributed by atoms with van der Waals surface area (Å²) in [7, 11) is 0. The number of benzene rings is 1. The van der Waals surface area contributed by atoms with Crippen LogP contribution in [-0.2, 0) is 6.54 Å². The summed E-state index contributed by atoms with van der Waals surface area (Å²) < 4.78 is 27.2. The van der Waals surface area contributed by atoms with Crippen molar-refractivity contribution >= 4 is 15.9 Å². The van der Waals surface area contributed by atoms with E-state index in [1.807, 2.05) is 0 Å². The second kappa shape index (κ2) is 5.86. The number of hydrogen-bond acceptors (Lipinski definition) is 3. The molecule has 3 nitrogen and oxygen atoms in total. The highest BCUT2D eigenvalue weighted by Gasteiger charge is 2.23. The van der Waals surface area contributed by atoms with Crippen molar-refractivity contribution in [3.05, 3.63) is 33.8 Å². The molecule has 0 amide bonds. The molecular formula is C11H14BrF2NO2. The van der Waals surface area contributed by atoms with Crippen LogP contribution in [0.2, 0.25) is 0 Å². The Bertz CT molecular complexity index is 397. The molecule has 1 aromatic carbocycles. The molecule has 1 aromatic rings. The average Bonchev–Trinajstić information content (AvgIpc) is 2.33. The molecule has 0 saturated carbocycles. The van der Waals surface area contributed by atoms with Crippen molar-refractivity contribution in [3.63, 3.8) is 0 Å². The third-order valence-electron chi connectivity index (χ3n) is 2.53. The monoisotopic (exact) mass is 309 g/mol. The molecule has 0 aliphatic heterocycles. The van der Waals surface area contributed by atoms with Crippen LogP contribution in [0.4, 0.5) is 8.78 Å². The van der Waals surface area contributed by atoms with Gasteiger partial charge in [-0.2, -0.15) is 0 Å². The molecule has 0 saturated heterocycles. The van der Waals surface area contributed by atoms with Crippen LogP contribution in [0.15, 0.2) is 16.6 Å². The maximum atomic E-state index is 13.6. The van der Waals surface area contributed by atoms with Crippen LogP contribution < -0.4 is 5.32 Å². The predicted octanol–water partition coefficient (Wildman–Crippen LogP) is 1.56. The molecule has 0 fully saturated rings. The van der Waals surface area contributed by atoms with E-state index in [1.54, 1.807) is 6.92 Å². The first kappa shape index (κ1) is 14.5. The molecule has 0 aliphatic rings. The first-order valence-electron chi connectivity index (χ1n) is 5.02. The van der Waals surface area contributed by atoms with E-state index in [2.05, 4.69) is 21.2 Å². The summed E-state index contributed by atoms with van der Waals surface area (Å²) in [6.45, 7) is 0.775. The second-order valence-corrected chi connectivity index (χ2v) is 4.91. The van der Waals surface area contributed by atoms with Crippen LogP contribution in [0.25, 0.3) is 0 Å². The Morgan fingerprint density at radius 2 is 1.88 bits per heavy atom. The van der Waals surface area contributed by atoms with E-state index >= 15 is 0 Å². The van der Waals surface area contributed by atoms with Gasteiger partial charge < -0.3 is 15.5 Å². The van der Waals surface area contributed by atoms with Crippen LogP contribution in [0, 0.1) is 11.6 Å². The standard InChI is InChI=1S/C11H14BrF2NO2/c1-11(5-16,6-17)15-4-7-9(13)3-2-8(12)10(7)14/h2-3,15-17H,4-6H2,1H3. The molecule has 0 atom stereocenters. The molecule has 0 bridgehead atoms. The zero-order valence-electron chi connectivity index (χ0n) is 9.30. The van der Waals surface area contributed by atoms with E-state index in [0.29, 0.717) is 0 Å². The lowest BCUT2D eigenvalue weighted by Gasteiger charge is -2.26. The van der Waals surface area contributed by atoms with Crippen molar-refractivity contribution < 1.29 is 19.0 Å². The van der Waals surface area contributed by atoms with Crippen molar-refractivity contribution in [2.75, 3.05) is 13.2 Å². The molecule has 0 aromatic heterocycles. The second-order valence-electron chi connectivity index (χ2n) is 4.05. The largest absolute Gasteiger partial charge is 0.394 e. The Kier molecular flexibility index (Phi) is 5.00. The molecule has 3 N–H and O–H groups in total. The molecule has 17 heavy (non-hydrogen) atoms. The maximum absolute atomic E-state index is 13.6. The van der Waals surface area contributed by atoms with Gasteiger partial charge in [0.15, 0.2) is 0 Å². The van der Waals surface area contributed by atoms with Gasteiger partial charge in [-0.1, -0.05) is 0 Å². The van der Waals surface area contributed by atoms with Crippen LogP contribution in [0.1, 0.15) is 12.5 Å². The minimum absolute atomic E-state index is 0.116. The number of aliphatic hydroxyl groups is 2. The summed E-state index contributed by atoms with van der Waals surface area (Å²) in [4.78, 5) is 0. The fraction of sp³-hybridized carbons (Fsp3) is 0.455. The lowest BCUT2D eigenvalue weighted by atomic mass is 10.0. The lowest BCUT2D eigenvalue weighted by Crippen LogP contribution is -2.48. The van der Waals surface area contributed by atoms with Crippen molar-refractivity contribution in [2.45, 2.75) is 19.0 Å². The topological polar surface area (TPSA) is 52.5 Å². The fourth-order valence-corrected chi connectivity index (χ4v) is 1.57. The normalized spacial score (nSPS) is 11.9. The number of rotatable bonds is 5.